The van der Waals surface area contributed by atoms with E-state index in [1.807, 2.05) is 31.2 Å². The van der Waals surface area contributed by atoms with Crippen molar-refractivity contribution in [2.75, 3.05) is 10.2 Å². The van der Waals surface area contributed by atoms with E-state index in [1.54, 1.807) is 17.0 Å². The summed E-state index contributed by atoms with van der Waals surface area (Å²) in [7, 11) is 0. The van der Waals surface area contributed by atoms with E-state index in [9.17, 15) is 19.7 Å². The first-order valence-corrected chi connectivity index (χ1v) is 13.6. The summed E-state index contributed by atoms with van der Waals surface area (Å²) in [5, 5.41) is 15.2. The Labute approximate surface area is 228 Å². The Morgan fingerprint density at radius 3 is 2.51 bits per heavy atom. The van der Waals surface area contributed by atoms with E-state index in [1.165, 1.54) is 12.1 Å². The number of para-hydroxylation sites is 2. The maximum absolute atomic E-state index is 14.0. The van der Waals surface area contributed by atoms with Crippen molar-refractivity contribution >= 4 is 28.8 Å². The summed E-state index contributed by atoms with van der Waals surface area (Å²) in [5.41, 5.74) is 5.44. The molecule has 7 heteroatoms. The fraction of sp³-hybridized carbons (Fsp3) is 0.312. The highest BCUT2D eigenvalue weighted by Crippen LogP contribution is 2.48. The molecule has 1 heterocycles. The van der Waals surface area contributed by atoms with Gasteiger partial charge in [0.15, 0.2) is 5.78 Å². The van der Waals surface area contributed by atoms with Gasteiger partial charge in [0.25, 0.3) is 5.69 Å². The maximum Gasteiger partial charge on any atom is 0.269 e. The van der Waals surface area contributed by atoms with Gasteiger partial charge in [0.1, 0.15) is 0 Å². The number of nitro benzene ring substituents is 1. The SMILES string of the molecule is CCCCCC(=O)N1c2ccccc2NC2=C(C(=O)C[C@@H](c3ccc(C)cc3)C2)[C@@H]1c1cccc([N+](=O)[O-])c1. The van der Waals surface area contributed by atoms with Crippen LogP contribution < -0.4 is 10.2 Å². The standard InChI is InChI=1S/C32H33N3O4/c1-3-4-5-13-30(37)34-28-12-7-6-11-26(28)33-27-19-24(22-16-14-21(2)15-17-22)20-29(36)31(27)32(34)23-9-8-10-25(18-23)35(38)39/h6-12,14-18,24,32-33H,3-5,13,19-20H2,1-2H3/t24-,32-/m0/s1. The molecule has 0 fully saturated rings. The number of nitrogens with one attached hydrogen (secondary N) is 1. The molecule has 1 aliphatic heterocycles. The lowest BCUT2D eigenvalue weighted by atomic mass is 9.78. The Balaban J connectivity index is 1.68. The molecule has 3 aromatic carbocycles. The molecule has 2 atom stereocenters. The molecular formula is C32H33N3O4. The summed E-state index contributed by atoms with van der Waals surface area (Å²) < 4.78 is 0. The van der Waals surface area contributed by atoms with Gasteiger partial charge in [0.05, 0.1) is 22.3 Å². The first-order chi connectivity index (χ1) is 18.9. The van der Waals surface area contributed by atoms with Crippen LogP contribution in [0.25, 0.3) is 0 Å². The average molecular weight is 524 g/mol. The number of hydrogen-bond donors (Lipinski definition) is 1. The monoisotopic (exact) mass is 523 g/mol. The van der Waals surface area contributed by atoms with Gasteiger partial charge in [-0.15, -0.1) is 0 Å². The molecule has 0 aromatic heterocycles. The topological polar surface area (TPSA) is 92.6 Å². The lowest BCUT2D eigenvalue weighted by Crippen LogP contribution is -2.38. The van der Waals surface area contributed by atoms with Crippen LogP contribution in [0.3, 0.4) is 0 Å². The molecule has 5 rings (SSSR count). The van der Waals surface area contributed by atoms with Crippen LogP contribution in [-0.4, -0.2) is 16.6 Å². The van der Waals surface area contributed by atoms with Crippen molar-refractivity contribution < 1.29 is 14.5 Å². The number of hydrogen-bond acceptors (Lipinski definition) is 5. The Morgan fingerprint density at radius 1 is 1.00 bits per heavy atom. The molecule has 39 heavy (non-hydrogen) atoms. The normalized spacial score (nSPS) is 18.6. The summed E-state index contributed by atoms with van der Waals surface area (Å²) in [6.45, 7) is 4.12. The molecule has 0 spiro atoms. The predicted octanol–water partition coefficient (Wildman–Crippen LogP) is 7.38. The number of amides is 1. The number of nitro groups is 1. The second kappa shape index (κ2) is 11.2. The molecule has 0 unspecified atom stereocenters. The van der Waals surface area contributed by atoms with Crippen molar-refractivity contribution in [2.45, 2.75) is 64.3 Å². The van der Waals surface area contributed by atoms with E-state index in [0.717, 1.165) is 41.8 Å². The smallest absolute Gasteiger partial charge is 0.269 e. The van der Waals surface area contributed by atoms with Crippen LogP contribution in [0, 0.1) is 17.0 Å². The highest BCUT2D eigenvalue weighted by molar-refractivity contribution is 6.06. The molecule has 200 valence electrons. The molecule has 0 radical (unpaired) electrons. The molecule has 1 N–H and O–H groups in total. The largest absolute Gasteiger partial charge is 0.357 e. The molecular weight excluding hydrogens is 490 g/mol. The van der Waals surface area contributed by atoms with Crippen LogP contribution in [0.5, 0.6) is 0 Å². The number of allylic oxidation sites excluding steroid dienone is 1. The number of carbonyl (C=O) groups is 2. The number of fused-ring (bicyclic) bond motifs is 1. The van der Waals surface area contributed by atoms with Gasteiger partial charge < -0.3 is 5.32 Å². The molecule has 7 nitrogen and oxygen atoms in total. The quantitative estimate of drug-likeness (QED) is 0.198. The number of non-ortho nitro benzene ring substituents is 1. The number of unbranched alkanes of at least 4 members (excludes halogenated alkanes) is 2. The number of anilines is 2. The van der Waals surface area contributed by atoms with Crippen molar-refractivity contribution in [1.29, 1.82) is 0 Å². The van der Waals surface area contributed by atoms with E-state index in [2.05, 4.69) is 36.5 Å². The average Bonchev–Trinajstić information content (AvgIpc) is 3.08. The zero-order valence-corrected chi connectivity index (χ0v) is 22.4. The fourth-order valence-corrected chi connectivity index (χ4v) is 5.71. The summed E-state index contributed by atoms with van der Waals surface area (Å²) in [4.78, 5) is 40.9. The van der Waals surface area contributed by atoms with Gasteiger partial charge in [-0.3, -0.25) is 24.6 Å². The van der Waals surface area contributed by atoms with Crippen molar-refractivity contribution in [3.63, 3.8) is 0 Å². The molecule has 1 amide bonds. The third-order valence-corrected chi connectivity index (χ3v) is 7.70. The fourth-order valence-electron chi connectivity index (χ4n) is 5.71. The summed E-state index contributed by atoms with van der Waals surface area (Å²) in [6, 6.07) is 21.4. The first-order valence-electron chi connectivity index (χ1n) is 13.6. The van der Waals surface area contributed by atoms with Crippen molar-refractivity contribution in [2.24, 2.45) is 0 Å². The number of nitrogens with zero attached hydrogens (tertiary/aromatic N) is 2. The Kier molecular flexibility index (Phi) is 7.59. The van der Waals surface area contributed by atoms with E-state index in [0.29, 0.717) is 36.1 Å². The highest BCUT2D eigenvalue weighted by Gasteiger charge is 2.41. The number of rotatable bonds is 7. The van der Waals surface area contributed by atoms with Crippen molar-refractivity contribution in [3.8, 4) is 0 Å². The van der Waals surface area contributed by atoms with Gasteiger partial charge in [-0.05, 0) is 48.9 Å². The number of Topliss-reactive ketones (excluding diaryl/α,β-unsaturated/α-hetero) is 1. The first kappa shape index (κ1) is 26.4. The third-order valence-electron chi connectivity index (χ3n) is 7.70. The lowest BCUT2D eigenvalue weighted by Gasteiger charge is -2.35. The molecule has 1 aliphatic carbocycles. The molecule has 2 aliphatic rings. The van der Waals surface area contributed by atoms with Crippen LogP contribution in [0.2, 0.25) is 0 Å². The van der Waals surface area contributed by atoms with Gasteiger partial charge in [0.2, 0.25) is 5.91 Å². The van der Waals surface area contributed by atoms with E-state index in [-0.39, 0.29) is 23.3 Å². The second-order valence-electron chi connectivity index (χ2n) is 10.4. The van der Waals surface area contributed by atoms with Gasteiger partial charge >= 0.3 is 0 Å². The maximum atomic E-state index is 14.0. The summed E-state index contributed by atoms with van der Waals surface area (Å²) in [6.07, 6.45) is 3.87. The van der Waals surface area contributed by atoms with Crippen molar-refractivity contribution in [3.05, 3.63) is 111 Å². The zero-order chi connectivity index (χ0) is 27.5. The molecule has 3 aromatic rings. The molecule has 0 saturated carbocycles. The molecule has 0 saturated heterocycles. The van der Waals surface area contributed by atoms with E-state index < -0.39 is 11.0 Å². The predicted molar refractivity (Wildman–Crippen MR) is 153 cm³/mol. The van der Waals surface area contributed by atoms with Gasteiger partial charge in [0, 0.05) is 36.2 Å². The highest BCUT2D eigenvalue weighted by atomic mass is 16.6. The van der Waals surface area contributed by atoms with Gasteiger partial charge in [-0.1, -0.05) is 73.9 Å². The Hall–Kier alpha value is -4.26. The van der Waals surface area contributed by atoms with Crippen LogP contribution in [0.4, 0.5) is 17.1 Å². The van der Waals surface area contributed by atoms with Crippen LogP contribution in [0.1, 0.15) is 74.1 Å². The zero-order valence-electron chi connectivity index (χ0n) is 22.4. The minimum absolute atomic E-state index is 0.00548. The van der Waals surface area contributed by atoms with E-state index >= 15 is 0 Å². The third kappa shape index (κ3) is 5.35. The second-order valence-corrected chi connectivity index (χ2v) is 10.4. The van der Waals surface area contributed by atoms with Gasteiger partial charge in [-0.2, -0.15) is 0 Å². The van der Waals surface area contributed by atoms with Crippen LogP contribution in [-0.2, 0) is 9.59 Å². The number of aryl methyl sites for hydroxylation is 1. The Bertz CT molecular complexity index is 1440. The van der Waals surface area contributed by atoms with Crippen LogP contribution in [0.15, 0.2) is 84.1 Å². The number of ketones is 1. The lowest BCUT2D eigenvalue weighted by molar-refractivity contribution is -0.384. The molecule has 0 bridgehead atoms. The summed E-state index contributed by atoms with van der Waals surface area (Å²) >= 11 is 0. The minimum Gasteiger partial charge on any atom is -0.357 e. The van der Waals surface area contributed by atoms with Crippen LogP contribution >= 0.6 is 0 Å². The Morgan fingerprint density at radius 2 is 1.77 bits per heavy atom. The van der Waals surface area contributed by atoms with Gasteiger partial charge in [-0.25, -0.2) is 0 Å². The summed E-state index contributed by atoms with van der Waals surface area (Å²) in [5.74, 6) is -0.157. The number of benzene rings is 3. The van der Waals surface area contributed by atoms with E-state index in [4.69, 9.17) is 0 Å². The number of carbonyl (C=O) groups excluding carboxylic acids is 2. The minimum atomic E-state index is -0.767. The van der Waals surface area contributed by atoms with Crippen molar-refractivity contribution in [1.82, 2.24) is 0 Å².